The Balaban J connectivity index is 2.12. The van der Waals surface area contributed by atoms with Crippen LogP contribution in [0.25, 0.3) is 11.3 Å². The van der Waals surface area contributed by atoms with Gasteiger partial charge in [-0.2, -0.15) is 5.10 Å². The molecule has 0 fully saturated rings. The van der Waals surface area contributed by atoms with Gasteiger partial charge in [0.2, 0.25) is 0 Å². The van der Waals surface area contributed by atoms with Gasteiger partial charge < -0.3 is 5.73 Å². The molecular formula is C11H11N3O2S. The van der Waals surface area contributed by atoms with Crippen molar-refractivity contribution in [1.82, 2.24) is 10.2 Å². The van der Waals surface area contributed by atoms with Gasteiger partial charge in [-0.25, -0.2) is 8.42 Å². The van der Waals surface area contributed by atoms with Crippen molar-refractivity contribution in [3.63, 3.8) is 0 Å². The van der Waals surface area contributed by atoms with E-state index in [0.29, 0.717) is 17.1 Å². The van der Waals surface area contributed by atoms with Gasteiger partial charge in [0, 0.05) is 6.07 Å². The number of nitrogen functional groups attached to an aromatic ring is 1. The van der Waals surface area contributed by atoms with E-state index in [1.165, 1.54) is 0 Å². The van der Waals surface area contributed by atoms with E-state index in [9.17, 15) is 8.42 Å². The molecule has 0 atom stereocenters. The lowest BCUT2D eigenvalue weighted by molar-refractivity contribution is 0.600. The van der Waals surface area contributed by atoms with Crippen molar-refractivity contribution < 1.29 is 8.42 Å². The third-order valence-corrected chi connectivity index (χ3v) is 4.75. The van der Waals surface area contributed by atoms with Crippen molar-refractivity contribution in [3.05, 3.63) is 29.8 Å². The van der Waals surface area contributed by atoms with E-state index in [1.807, 2.05) is 6.07 Å². The molecule has 6 heteroatoms. The van der Waals surface area contributed by atoms with E-state index in [2.05, 4.69) is 10.2 Å². The third-order valence-electron chi connectivity index (χ3n) is 2.94. The smallest absolute Gasteiger partial charge is 0.178 e. The predicted octanol–water partition coefficient (Wildman–Crippen LogP) is 0.989. The van der Waals surface area contributed by atoms with Gasteiger partial charge in [0.15, 0.2) is 9.84 Å². The number of nitrogens with zero attached hydrogens (tertiary/aromatic N) is 1. The van der Waals surface area contributed by atoms with Gasteiger partial charge in [-0.15, -0.1) is 0 Å². The number of hydrogen-bond acceptors (Lipinski definition) is 4. The van der Waals surface area contributed by atoms with Crippen molar-refractivity contribution in [2.24, 2.45) is 0 Å². The average molecular weight is 249 g/mol. The number of hydrogen-bond donors (Lipinski definition) is 2. The summed E-state index contributed by atoms with van der Waals surface area (Å²) < 4.78 is 23.3. The normalized spacial score (nSPS) is 16.9. The van der Waals surface area contributed by atoms with Crippen LogP contribution in [0, 0.1) is 0 Å². The summed E-state index contributed by atoms with van der Waals surface area (Å²) in [7, 11) is -3.05. The molecule has 2 heterocycles. The molecule has 0 unspecified atom stereocenters. The predicted molar refractivity (Wildman–Crippen MR) is 64.2 cm³/mol. The molecule has 1 aliphatic rings. The van der Waals surface area contributed by atoms with Crippen molar-refractivity contribution >= 4 is 15.7 Å². The number of anilines is 1. The average Bonchev–Trinajstić information content (AvgIpc) is 2.84. The molecule has 0 radical (unpaired) electrons. The van der Waals surface area contributed by atoms with Crippen LogP contribution in [-0.2, 0) is 16.3 Å². The molecule has 3 N–H and O–H groups in total. The summed E-state index contributed by atoms with van der Waals surface area (Å²) >= 11 is 0. The van der Waals surface area contributed by atoms with Crippen LogP contribution in [0.4, 0.5) is 5.82 Å². The van der Waals surface area contributed by atoms with Gasteiger partial charge in [0.1, 0.15) is 5.82 Å². The number of aryl methyl sites for hydroxylation is 1. The maximum Gasteiger partial charge on any atom is 0.178 e. The van der Waals surface area contributed by atoms with Crippen molar-refractivity contribution in [1.29, 1.82) is 0 Å². The Labute approximate surface area is 98.6 Å². The number of fused-ring (bicyclic) bond motifs is 1. The van der Waals surface area contributed by atoms with Crippen molar-refractivity contribution in [3.8, 4) is 11.3 Å². The Hall–Kier alpha value is -1.82. The molecular weight excluding hydrogens is 238 g/mol. The summed E-state index contributed by atoms with van der Waals surface area (Å²) in [5, 5.41) is 6.66. The third kappa shape index (κ3) is 1.61. The van der Waals surface area contributed by atoms with Crippen LogP contribution in [0.15, 0.2) is 29.2 Å². The highest BCUT2D eigenvalue weighted by Gasteiger charge is 2.26. The zero-order valence-electron chi connectivity index (χ0n) is 8.97. The molecule has 88 valence electrons. The molecule has 3 rings (SSSR count). The molecule has 5 nitrogen and oxygen atoms in total. The second-order valence-corrected chi connectivity index (χ2v) is 6.18. The summed E-state index contributed by atoms with van der Waals surface area (Å²) in [6, 6.07) is 7.04. The van der Waals surface area contributed by atoms with Crippen LogP contribution in [-0.4, -0.2) is 24.4 Å². The fourth-order valence-electron chi connectivity index (χ4n) is 2.09. The van der Waals surface area contributed by atoms with Gasteiger partial charge in [0.05, 0.1) is 16.3 Å². The zero-order chi connectivity index (χ0) is 12.0. The van der Waals surface area contributed by atoms with Gasteiger partial charge in [-0.3, -0.25) is 5.10 Å². The topological polar surface area (TPSA) is 88.8 Å². The van der Waals surface area contributed by atoms with Crippen molar-refractivity contribution in [2.75, 3.05) is 11.5 Å². The van der Waals surface area contributed by atoms with E-state index in [1.54, 1.807) is 18.2 Å². The lowest BCUT2D eigenvalue weighted by Crippen LogP contribution is -1.98. The van der Waals surface area contributed by atoms with Gasteiger partial charge in [0.25, 0.3) is 0 Å². The number of aromatic amines is 1. The quantitative estimate of drug-likeness (QED) is 0.788. The van der Waals surface area contributed by atoms with Crippen LogP contribution in [0.3, 0.4) is 0 Å². The number of nitrogens with one attached hydrogen (secondary N) is 1. The molecule has 1 aromatic carbocycles. The number of aromatic nitrogens is 2. The molecule has 2 aromatic rings. The monoisotopic (exact) mass is 249 g/mol. The van der Waals surface area contributed by atoms with Crippen LogP contribution < -0.4 is 5.73 Å². The second kappa shape index (κ2) is 3.33. The molecule has 0 bridgehead atoms. The maximum atomic E-state index is 11.7. The van der Waals surface area contributed by atoms with Crippen LogP contribution in [0.5, 0.6) is 0 Å². The summed E-state index contributed by atoms with van der Waals surface area (Å²) in [6.07, 6.45) is 0.578. The van der Waals surface area contributed by atoms with Gasteiger partial charge in [-0.1, -0.05) is 6.07 Å². The lowest BCUT2D eigenvalue weighted by atomic mass is 10.1. The minimum absolute atomic E-state index is 0.205. The Kier molecular flexibility index (Phi) is 2.03. The highest BCUT2D eigenvalue weighted by atomic mass is 32.2. The summed E-state index contributed by atoms with van der Waals surface area (Å²) in [5.41, 5.74) is 8.11. The van der Waals surface area contributed by atoms with E-state index >= 15 is 0 Å². The molecule has 17 heavy (non-hydrogen) atoms. The Morgan fingerprint density at radius 1 is 1.29 bits per heavy atom. The Bertz CT molecular complexity index is 688. The first-order valence-corrected chi connectivity index (χ1v) is 6.88. The first-order valence-electron chi connectivity index (χ1n) is 5.23. The van der Waals surface area contributed by atoms with Crippen molar-refractivity contribution in [2.45, 2.75) is 11.3 Å². The molecule has 1 aromatic heterocycles. The summed E-state index contributed by atoms with van der Waals surface area (Å²) in [6.45, 7) is 0. The van der Waals surface area contributed by atoms with Crippen LogP contribution >= 0.6 is 0 Å². The number of H-pyrrole nitrogens is 1. The summed E-state index contributed by atoms with van der Waals surface area (Å²) in [5.74, 6) is 0.629. The molecule has 0 aliphatic carbocycles. The van der Waals surface area contributed by atoms with Gasteiger partial charge >= 0.3 is 0 Å². The van der Waals surface area contributed by atoms with Crippen LogP contribution in [0.2, 0.25) is 0 Å². The number of nitrogens with two attached hydrogens (primary N) is 1. The number of sulfone groups is 1. The fraction of sp³-hybridized carbons (Fsp3) is 0.182. The number of benzene rings is 1. The van der Waals surface area contributed by atoms with E-state index in [4.69, 9.17) is 5.73 Å². The first kappa shape index (κ1) is 10.3. The molecule has 0 saturated heterocycles. The minimum atomic E-state index is -3.05. The SMILES string of the molecule is Nc1cc(-c2ccc3c(c2)CCS3(=O)=O)[nH]n1. The first-order chi connectivity index (χ1) is 8.06. The molecule has 0 saturated carbocycles. The lowest BCUT2D eigenvalue weighted by Gasteiger charge is -2.01. The molecule has 0 amide bonds. The zero-order valence-corrected chi connectivity index (χ0v) is 9.79. The van der Waals surface area contributed by atoms with E-state index in [-0.39, 0.29) is 5.75 Å². The minimum Gasteiger partial charge on any atom is -0.382 e. The Morgan fingerprint density at radius 3 is 2.82 bits per heavy atom. The van der Waals surface area contributed by atoms with Gasteiger partial charge in [-0.05, 0) is 29.7 Å². The standard InChI is InChI=1S/C11H11N3O2S/c12-11-6-9(13-14-11)7-1-2-10-8(5-7)3-4-17(10,15)16/h1-2,5-6H,3-4H2,(H3,12,13,14). The van der Waals surface area contributed by atoms with Crippen LogP contribution in [0.1, 0.15) is 5.56 Å². The fourth-order valence-corrected chi connectivity index (χ4v) is 3.63. The molecule has 0 spiro atoms. The van der Waals surface area contributed by atoms with E-state index in [0.717, 1.165) is 16.8 Å². The maximum absolute atomic E-state index is 11.7. The largest absolute Gasteiger partial charge is 0.382 e. The highest BCUT2D eigenvalue weighted by molar-refractivity contribution is 7.91. The summed E-state index contributed by atoms with van der Waals surface area (Å²) in [4.78, 5) is 0.453. The van der Waals surface area contributed by atoms with E-state index < -0.39 is 9.84 Å². The highest BCUT2D eigenvalue weighted by Crippen LogP contribution is 2.30. The second-order valence-electron chi connectivity index (χ2n) is 4.10. The number of rotatable bonds is 1. The molecule has 1 aliphatic heterocycles. The Morgan fingerprint density at radius 2 is 2.12 bits per heavy atom.